The summed E-state index contributed by atoms with van der Waals surface area (Å²) in [6.07, 6.45) is 3.36. The summed E-state index contributed by atoms with van der Waals surface area (Å²) >= 11 is 0. The second-order valence-corrected chi connectivity index (χ2v) is 10.8. The molecule has 0 N–H and O–H groups in total. The monoisotopic (exact) mass is 312 g/mol. The van der Waals surface area contributed by atoms with Crippen molar-refractivity contribution >= 4 is 8.32 Å². The first-order chi connectivity index (χ1) is 10.6. The number of hydrogen-bond acceptors (Lipinski definition) is 2. The molecule has 116 valence electrons. The van der Waals surface area contributed by atoms with Gasteiger partial charge in [0.2, 0.25) is 8.32 Å². The largest absolute Gasteiger partial charge is 0.544 e. The van der Waals surface area contributed by atoms with Crippen LogP contribution in [0.3, 0.4) is 0 Å². The molecule has 1 aliphatic rings. The Morgan fingerprint density at radius 1 is 1.05 bits per heavy atom. The van der Waals surface area contributed by atoms with Gasteiger partial charge >= 0.3 is 0 Å². The first-order valence-corrected chi connectivity index (χ1v) is 11.3. The average molecular weight is 312 g/mol. The van der Waals surface area contributed by atoms with Gasteiger partial charge in [0.05, 0.1) is 0 Å². The molecule has 1 aliphatic heterocycles. The molecule has 3 heteroatoms. The minimum Gasteiger partial charge on any atom is -0.544 e. The summed E-state index contributed by atoms with van der Waals surface area (Å²) in [5, 5.41) is 0. The van der Waals surface area contributed by atoms with Gasteiger partial charge in [0, 0.05) is 12.0 Å². The van der Waals surface area contributed by atoms with E-state index in [0.29, 0.717) is 0 Å². The summed E-state index contributed by atoms with van der Waals surface area (Å²) in [5.41, 5.74) is 2.43. The molecule has 0 saturated heterocycles. The summed E-state index contributed by atoms with van der Waals surface area (Å²) in [5.74, 6) is 2.92. The van der Waals surface area contributed by atoms with Crippen LogP contribution in [-0.4, -0.2) is 8.32 Å². The molecule has 0 aromatic heterocycles. The van der Waals surface area contributed by atoms with Crippen molar-refractivity contribution < 1.29 is 9.16 Å². The number of unbranched alkanes of at least 4 members (excludes halogenated alkanes) is 1. The molecule has 0 bridgehead atoms. The number of ether oxygens (including phenoxy) is 1. The van der Waals surface area contributed by atoms with E-state index in [1.54, 1.807) is 0 Å². The van der Waals surface area contributed by atoms with Crippen LogP contribution < -0.4 is 9.16 Å². The first kappa shape index (κ1) is 15.2. The minimum absolute atomic E-state index is 0.889. The van der Waals surface area contributed by atoms with Crippen molar-refractivity contribution in [3.05, 3.63) is 53.6 Å². The fourth-order valence-electron chi connectivity index (χ4n) is 2.92. The molecular formula is C19H24O2Si. The lowest BCUT2D eigenvalue weighted by atomic mass is 10.00. The molecule has 0 unspecified atom stereocenters. The quantitative estimate of drug-likeness (QED) is 0.557. The fraction of sp³-hybridized carbons (Fsp3) is 0.368. The van der Waals surface area contributed by atoms with E-state index in [1.807, 2.05) is 24.3 Å². The van der Waals surface area contributed by atoms with E-state index in [0.717, 1.165) is 23.7 Å². The molecule has 0 atom stereocenters. The van der Waals surface area contributed by atoms with Crippen LogP contribution >= 0.6 is 0 Å². The Labute approximate surface area is 134 Å². The summed E-state index contributed by atoms with van der Waals surface area (Å²) in [6, 6.07) is 15.6. The van der Waals surface area contributed by atoms with Crippen LogP contribution in [0.5, 0.6) is 17.2 Å². The van der Waals surface area contributed by atoms with Gasteiger partial charge in [-0.2, -0.15) is 0 Å². The van der Waals surface area contributed by atoms with E-state index >= 15 is 0 Å². The molecule has 0 amide bonds. The van der Waals surface area contributed by atoms with E-state index in [-0.39, 0.29) is 0 Å². The van der Waals surface area contributed by atoms with Crippen LogP contribution in [0.25, 0.3) is 0 Å². The van der Waals surface area contributed by atoms with Crippen molar-refractivity contribution in [1.29, 1.82) is 0 Å². The Hall–Kier alpha value is -1.74. The van der Waals surface area contributed by atoms with Gasteiger partial charge in [0.15, 0.2) is 0 Å². The van der Waals surface area contributed by atoms with Gasteiger partial charge in [0.1, 0.15) is 17.2 Å². The van der Waals surface area contributed by atoms with Crippen molar-refractivity contribution in [2.75, 3.05) is 0 Å². The molecule has 0 aliphatic carbocycles. The van der Waals surface area contributed by atoms with Gasteiger partial charge in [0.25, 0.3) is 0 Å². The molecule has 2 aromatic rings. The van der Waals surface area contributed by atoms with E-state index in [1.165, 1.54) is 30.0 Å². The molecule has 0 saturated carbocycles. The Bertz CT molecular complexity index is 664. The average Bonchev–Trinajstić information content (AvgIpc) is 2.51. The lowest BCUT2D eigenvalue weighted by molar-refractivity contribution is 0.449. The highest BCUT2D eigenvalue weighted by Gasteiger charge is 2.27. The highest BCUT2D eigenvalue weighted by atomic mass is 28.4. The van der Waals surface area contributed by atoms with Crippen molar-refractivity contribution in [2.24, 2.45) is 0 Å². The fourth-order valence-corrected chi connectivity index (χ4v) is 5.01. The topological polar surface area (TPSA) is 18.5 Å². The molecule has 0 fully saturated rings. The van der Waals surface area contributed by atoms with E-state index < -0.39 is 8.32 Å². The molecule has 0 spiro atoms. The number of para-hydroxylation sites is 1. The molecule has 3 rings (SSSR count). The maximum absolute atomic E-state index is 6.48. The zero-order chi connectivity index (χ0) is 15.6. The van der Waals surface area contributed by atoms with Crippen LogP contribution in [0.4, 0.5) is 0 Å². The normalized spacial score (nSPS) is 13.0. The third-order valence-corrected chi connectivity index (χ3v) is 6.50. The summed E-state index contributed by atoms with van der Waals surface area (Å²) in [4.78, 5) is 0. The second kappa shape index (κ2) is 6.17. The van der Waals surface area contributed by atoms with Crippen LogP contribution in [0.1, 0.15) is 30.9 Å². The van der Waals surface area contributed by atoms with Crippen LogP contribution in [0, 0.1) is 0 Å². The van der Waals surface area contributed by atoms with Gasteiger partial charge in [-0.15, -0.1) is 0 Å². The van der Waals surface area contributed by atoms with Crippen LogP contribution in [0.2, 0.25) is 19.1 Å². The molecule has 2 aromatic carbocycles. The van der Waals surface area contributed by atoms with Crippen LogP contribution in [-0.2, 0) is 6.42 Å². The number of rotatable bonds is 5. The van der Waals surface area contributed by atoms with E-state index in [9.17, 15) is 0 Å². The zero-order valence-electron chi connectivity index (χ0n) is 13.7. The summed E-state index contributed by atoms with van der Waals surface area (Å²) in [6.45, 7) is 6.85. The Kier molecular flexibility index (Phi) is 4.25. The third-order valence-electron chi connectivity index (χ3n) is 4.17. The van der Waals surface area contributed by atoms with Gasteiger partial charge in [-0.25, -0.2) is 0 Å². The molecule has 22 heavy (non-hydrogen) atoms. The maximum atomic E-state index is 6.48. The predicted octanol–water partition coefficient (Wildman–Crippen LogP) is 5.77. The number of hydrogen-bond donors (Lipinski definition) is 0. The molecular weight excluding hydrogens is 288 g/mol. The Morgan fingerprint density at radius 3 is 2.64 bits per heavy atom. The summed E-state index contributed by atoms with van der Waals surface area (Å²) in [7, 11) is -1.67. The predicted molar refractivity (Wildman–Crippen MR) is 93.6 cm³/mol. The van der Waals surface area contributed by atoms with Crippen LogP contribution in [0.15, 0.2) is 42.5 Å². The van der Waals surface area contributed by atoms with Gasteiger partial charge in [-0.1, -0.05) is 44.0 Å². The first-order valence-electron chi connectivity index (χ1n) is 8.16. The van der Waals surface area contributed by atoms with E-state index in [4.69, 9.17) is 9.16 Å². The standard InChI is InChI=1S/C19H24O2Si/c1-4-5-13-22(2,3)21-19-12-8-11-18-16(19)14-15-9-6-7-10-17(15)20-18/h6-12H,4-5,13-14H2,1-3H3. The van der Waals surface area contributed by atoms with Gasteiger partial charge < -0.3 is 9.16 Å². The molecule has 2 nitrogen and oxygen atoms in total. The van der Waals surface area contributed by atoms with Gasteiger partial charge in [-0.05, 0) is 42.9 Å². The zero-order valence-corrected chi connectivity index (χ0v) is 14.7. The maximum Gasteiger partial charge on any atom is 0.245 e. The highest BCUT2D eigenvalue weighted by molar-refractivity contribution is 6.71. The molecule has 0 radical (unpaired) electrons. The number of benzene rings is 2. The SMILES string of the molecule is CCCC[Si](C)(C)Oc1cccc2c1Cc1ccccc1O2. The van der Waals surface area contributed by atoms with Gasteiger partial charge in [-0.3, -0.25) is 0 Å². The summed E-state index contributed by atoms with van der Waals surface area (Å²) < 4.78 is 12.5. The Balaban J connectivity index is 1.87. The van der Waals surface area contributed by atoms with E-state index in [2.05, 4.69) is 38.2 Å². The lowest BCUT2D eigenvalue weighted by Crippen LogP contribution is -2.34. The smallest absolute Gasteiger partial charge is 0.245 e. The lowest BCUT2D eigenvalue weighted by Gasteiger charge is -2.28. The highest BCUT2D eigenvalue weighted by Crippen LogP contribution is 2.41. The van der Waals surface area contributed by atoms with Crippen molar-refractivity contribution in [2.45, 2.75) is 45.3 Å². The van der Waals surface area contributed by atoms with Crippen molar-refractivity contribution in [1.82, 2.24) is 0 Å². The third kappa shape index (κ3) is 3.19. The number of fused-ring (bicyclic) bond motifs is 2. The second-order valence-electron chi connectivity index (χ2n) is 6.58. The minimum atomic E-state index is -1.67. The van der Waals surface area contributed by atoms with Crippen molar-refractivity contribution in [3.63, 3.8) is 0 Å². The van der Waals surface area contributed by atoms with Crippen molar-refractivity contribution in [3.8, 4) is 17.2 Å². The molecule has 1 heterocycles. The Morgan fingerprint density at radius 2 is 1.82 bits per heavy atom.